The minimum Gasteiger partial charge on any atom is -0.308 e. The molecule has 3 rings (SSSR count). The maximum absolute atomic E-state index is 3.99. The van der Waals surface area contributed by atoms with Gasteiger partial charge in [0.2, 0.25) is 0 Å². The van der Waals surface area contributed by atoms with Crippen LogP contribution in [0.5, 0.6) is 0 Å². The summed E-state index contributed by atoms with van der Waals surface area (Å²) < 4.78 is 0. The zero-order chi connectivity index (χ0) is 14.1. The van der Waals surface area contributed by atoms with Gasteiger partial charge in [-0.25, -0.2) is 0 Å². The Bertz CT molecular complexity index is 311. The van der Waals surface area contributed by atoms with Gasteiger partial charge in [0.25, 0.3) is 0 Å². The van der Waals surface area contributed by atoms with Crippen LogP contribution < -0.4 is 5.32 Å². The van der Waals surface area contributed by atoms with Gasteiger partial charge in [-0.05, 0) is 44.4 Å². The zero-order valence-corrected chi connectivity index (χ0v) is 13.7. The van der Waals surface area contributed by atoms with E-state index in [1.54, 1.807) is 0 Å². The van der Waals surface area contributed by atoms with Crippen molar-refractivity contribution < 1.29 is 0 Å². The van der Waals surface area contributed by atoms with E-state index in [1.165, 1.54) is 83.8 Å². The van der Waals surface area contributed by atoms with E-state index in [1.807, 2.05) is 0 Å². The molecule has 0 aromatic rings. The molecular formula is C18H34N2. The quantitative estimate of drug-likeness (QED) is 0.837. The molecule has 0 amide bonds. The van der Waals surface area contributed by atoms with Gasteiger partial charge in [-0.3, -0.25) is 4.90 Å². The van der Waals surface area contributed by atoms with E-state index >= 15 is 0 Å². The van der Waals surface area contributed by atoms with Crippen LogP contribution in [0.15, 0.2) is 0 Å². The van der Waals surface area contributed by atoms with E-state index in [-0.39, 0.29) is 0 Å². The highest BCUT2D eigenvalue weighted by Crippen LogP contribution is 2.40. The Morgan fingerprint density at radius 1 is 1.00 bits per heavy atom. The number of hydrogen-bond acceptors (Lipinski definition) is 2. The van der Waals surface area contributed by atoms with Crippen molar-refractivity contribution in [2.45, 2.75) is 89.1 Å². The highest BCUT2D eigenvalue weighted by molar-refractivity contribution is 5.06. The maximum Gasteiger partial charge on any atom is 0.0335 e. The largest absolute Gasteiger partial charge is 0.308 e. The van der Waals surface area contributed by atoms with Crippen LogP contribution in [0.3, 0.4) is 0 Å². The minimum atomic E-state index is 0.395. The third kappa shape index (κ3) is 2.66. The third-order valence-electron chi connectivity index (χ3n) is 6.80. The summed E-state index contributed by atoms with van der Waals surface area (Å²) >= 11 is 0. The van der Waals surface area contributed by atoms with Crippen LogP contribution in [0, 0.1) is 5.92 Å². The fourth-order valence-electron chi connectivity index (χ4n) is 4.72. The standard InChI is InChI=1S/C18H34N2/c1-3-17(4-2)15-20(13-16-9-8-10-16)18(14-19-17)11-6-5-7-12-18/h16,19H,3-15H2,1-2H3. The molecule has 3 aliphatic rings. The van der Waals surface area contributed by atoms with Gasteiger partial charge in [-0.1, -0.05) is 39.5 Å². The molecule has 2 aliphatic carbocycles. The van der Waals surface area contributed by atoms with Crippen molar-refractivity contribution in [1.82, 2.24) is 10.2 Å². The molecule has 0 atom stereocenters. The molecule has 1 aliphatic heterocycles. The Balaban J connectivity index is 1.75. The fraction of sp³-hybridized carbons (Fsp3) is 1.00. The molecular weight excluding hydrogens is 244 g/mol. The van der Waals surface area contributed by atoms with Crippen LogP contribution in [0.25, 0.3) is 0 Å². The summed E-state index contributed by atoms with van der Waals surface area (Å²) in [4.78, 5) is 2.96. The Labute approximate surface area is 125 Å². The lowest BCUT2D eigenvalue weighted by atomic mass is 9.74. The number of piperazine rings is 1. The highest BCUT2D eigenvalue weighted by atomic mass is 15.3. The van der Waals surface area contributed by atoms with Gasteiger partial charge >= 0.3 is 0 Å². The Morgan fingerprint density at radius 2 is 1.70 bits per heavy atom. The smallest absolute Gasteiger partial charge is 0.0335 e. The Morgan fingerprint density at radius 3 is 2.25 bits per heavy atom. The van der Waals surface area contributed by atoms with Crippen molar-refractivity contribution in [3.05, 3.63) is 0 Å². The predicted octanol–water partition coefficient (Wildman–Crippen LogP) is 3.95. The van der Waals surface area contributed by atoms with Crippen LogP contribution in [0.1, 0.15) is 78.1 Å². The highest BCUT2D eigenvalue weighted by Gasteiger charge is 2.47. The molecule has 1 N–H and O–H groups in total. The first-order valence-electron chi connectivity index (χ1n) is 9.22. The molecule has 0 bridgehead atoms. The molecule has 1 saturated heterocycles. The summed E-state index contributed by atoms with van der Waals surface area (Å²) in [6.07, 6.45) is 14.3. The maximum atomic E-state index is 3.99. The molecule has 2 nitrogen and oxygen atoms in total. The molecule has 0 radical (unpaired) electrons. The number of nitrogens with one attached hydrogen (secondary N) is 1. The molecule has 0 aromatic heterocycles. The zero-order valence-electron chi connectivity index (χ0n) is 13.7. The van der Waals surface area contributed by atoms with Crippen LogP contribution in [0.4, 0.5) is 0 Å². The average molecular weight is 278 g/mol. The van der Waals surface area contributed by atoms with Crippen molar-refractivity contribution in [3.63, 3.8) is 0 Å². The summed E-state index contributed by atoms with van der Waals surface area (Å²) in [5.74, 6) is 1.01. The van der Waals surface area contributed by atoms with E-state index < -0.39 is 0 Å². The predicted molar refractivity (Wildman–Crippen MR) is 86.0 cm³/mol. The van der Waals surface area contributed by atoms with Gasteiger partial charge in [0.05, 0.1) is 0 Å². The summed E-state index contributed by atoms with van der Waals surface area (Å²) in [6, 6.07) is 0. The second kappa shape index (κ2) is 5.96. The van der Waals surface area contributed by atoms with Crippen molar-refractivity contribution in [1.29, 1.82) is 0 Å². The Kier molecular flexibility index (Phi) is 4.42. The van der Waals surface area contributed by atoms with Crippen molar-refractivity contribution in [2.24, 2.45) is 5.92 Å². The second-order valence-corrected chi connectivity index (χ2v) is 7.80. The SMILES string of the molecule is CCC1(CC)CN(CC2CCC2)C2(CCCCC2)CN1. The first-order valence-corrected chi connectivity index (χ1v) is 9.22. The molecule has 1 spiro atoms. The van der Waals surface area contributed by atoms with Gasteiger partial charge in [-0.2, -0.15) is 0 Å². The lowest BCUT2D eigenvalue weighted by Crippen LogP contribution is -2.70. The molecule has 3 fully saturated rings. The monoisotopic (exact) mass is 278 g/mol. The normalized spacial score (nSPS) is 30.3. The van der Waals surface area contributed by atoms with Crippen molar-refractivity contribution >= 4 is 0 Å². The first kappa shape index (κ1) is 14.8. The average Bonchev–Trinajstić information content (AvgIpc) is 2.46. The lowest BCUT2D eigenvalue weighted by molar-refractivity contribution is -0.0376. The second-order valence-electron chi connectivity index (χ2n) is 7.80. The van der Waals surface area contributed by atoms with E-state index in [9.17, 15) is 0 Å². The third-order valence-corrected chi connectivity index (χ3v) is 6.80. The molecule has 1 heterocycles. The Hall–Kier alpha value is -0.0800. The van der Waals surface area contributed by atoms with Crippen molar-refractivity contribution in [2.75, 3.05) is 19.6 Å². The molecule has 2 heteroatoms. The van der Waals surface area contributed by atoms with Crippen LogP contribution in [-0.4, -0.2) is 35.6 Å². The van der Waals surface area contributed by atoms with Gasteiger partial charge in [0.15, 0.2) is 0 Å². The van der Waals surface area contributed by atoms with Crippen molar-refractivity contribution in [3.8, 4) is 0 Å². The summed E-state index contributed by atoms with van der Waals surface area (Å²) in [7, 11) is 0. The van der Waals surface area contributed by atoms with Crippen LogP contribution >= 0.6 is 0 Å². The van der Waals surface area contributed by atoms with Gasteiger partial charge in [0, 0.05) is 30.7 Å². The topological polar surface area (TPSA) is 15.3 Å². The van der Waals surface area contributed by atoms with Gasteiger partial charge in [0.1, 0.15) is 0 Å². The number of rotatable bonds is 4. The first-order chi connectivity index (χ1) is 9.72. The van der Waals surface area contributed by atoms with E-state index in [4.69, 9.17) is 0 Å². The van der Waals surface area contributed by atoms with E-state index in [0.29, 0.717) is 11.1 Å². The van der Waals surface area contributed by atoms with Gasteiger partial charge in [-0.15, -0.1) is 0 Å². The van der Waals surface area contributed by atoms with Gasteiger partial charge < -0.3 is 5.32 Å². The number of nitrogens with zero attached hydrogens (tertiary/aromatic N) is 1. The molecule has 0 aromatic carbocycles. The van der Waals surface area contributed by atoms with E-state index in [2.05, 4.69) is 24.1 Å². The minimum absolute atomic E-state index is 0.395. The summed E-state index contributed by atoms with van der Waals surface area (Å²) in [6.45, 7) is 8.69. The summed E-state index contributed by atoms with van der Waals surface area (Å²) in [5, 5.41) is 3.99. The molecule has 116 valence electrons. The number of hydrogen-bond donors (Lipinski definition) is 1. The van der Waals surface area contributed by atoms with E-state index in [0.717, 1.165) is 5.92 Å². The molecule has 2 saturated carbocycles. The molecule has 20 heavy (non-hydrogen) atoms. The molecule has 0 unspecified atom stereocenters. The van der Waals surface area contributed by atoms with Crippen LogP contribution in [0.2, 0.25) is 0 Å². The lowest BCUT2D eigenvalue weighted by Gasteiger charge is -2.57. The van der Waals surface area contributed by atoms with Crippen LogP contribution in [-0.2, 0) is 0 Å². The fourth-order valence-corrected chi connectivity index (χ4v) is 4.72. The summed E-state index contributed by atoms with van der Waals surface area (Å²) in [5.41, 5.74) is 0.911.